The van der Waals surface area contributed by atoms with E-state index >= 15 is 0 Å². The minimum absolute atomic E-state index is 0.0553. The van der Waals surface area contributed by atoms with Gasteiger partial charge in [0.1, 0.15) is 12.1 Å². The lowest BCUT2D eigenvalue weighted by atomic mass is 10.1. The van der Waals surface area contributed by atoms with Crippen molar-refractivity contribution in [3.8, 4) is 11.4 Å². The largest absolute Gasteiger partial charge is 0.497 e. The van der Waals surface area contributed by atoms with Gasteiger partial charge in [0.2, 0.25) is 7.37 Å². The van der Waals surface area contributed by atoms with Crippen LogP contribution in [0.3, 0.4) is 0 Å². The summed E-state index contributed by atoms with van der Waals surface area (Å²) in [7, 11) is -1.83. The summed E-state index contributed by atoms with van der Waals surface area (Å²) in [5.74, 6) is -0.739. The summed E-state index contributed by atoms with van der Waals surface area (Å²) in [5, 5.41) is 16.2. The molecule has 3 N–H and O–H groups in total. The van der Waals surface area contributed by atoms with E-state index in [1.807, 2.05) is 24.3 Å². The minimum Gasteiger partial charge on any atom is -0.497 e. The van der Waals surface area contributed by atoms with Crippen molar-refractivity contribution in [1.29, 1.82) is 0 Å². The number of rotatable bonds is 8. The van der Waals surface area contributed by atoms with Crippen LogP contribution in [-0.2, 0) is 15.5 Å². The van der Waals surface area contributed by atoms with Crippen LogP contribution in [0.2, 0.25) is 0 Å². The maximum absolute atomic E-state index is 12.7. The normalized spacial score (nSPS) is 20.2. The average Bonchev–Trinajstić information content (AvgIpc) is 3.31. The SMILES string of the molecule is COc1ccc(CP(=O)(O)C[C@@H]2CN[C@H](c3ccc(-n4cnc(C(=O)O)n4)cc3)CO2)cc1. The van der Waals surface area contributed by atoms with Crippen molar-refractivity contribution >= 4 is 13.3 Å². The van der Waals surface area contributed by atoms with Gasteiger partial charge in [0.25, 0.3) is 5.82 Å². The zero-order valence-electron chi connectivity index (χ0n) is 18.0. The van der Waals surface area contributed by atoms with Gasteiger partial charge in [-0.25, -0.2) is 14.5 Å². The van der Waals surface area contributed by atoms with Crippen LogP contribution < -0.4 is 10.1 Å². The number of nitrogens with one attached hydrogen (secondary N) is 1. The fourth-order valence-corrected chi connectivity index (χ4v) is 5.48. The number of nitrogens with zero attached hydrogens (tertiary/aromatic N) is 3. The van der Waals surface area contributed by atoms with Crippen molar-refractivity contribution in [2.75, 3.05) is 26.4 Å². The molecular weight excluding hydrogens is 447 g/mol. The van der Waals surface area contributed by atoms with Gasteiger partial charge >= 0.3 is 5.97 Å². The van der Waals surface area contributed by atoms with Gasteiger partial charge in [0.15, 0.2) is 0 Å². The third kappa shape index (κ3) is 5.85. The van der Waals surface area contributed by atoms with Crippen LogP contribution in [-0.4, -0.2) is 63.3 Å². The Morgan fingerprint density at radius 2 is 1.97 bits per heavy atom. The first-order valence-corrected chi connectivity index (χ1v) is 12.4. The van der Waals surface area contributed by atoms with Crippen LogP contribution >= 0.6 is 7.37 Å². The zero-order chi connectivity index (χ0) is 23.4. The highest BCUT2D eigenvalue weighted by Crippen LogP contribution is 2.46. The van der Waals surface area contributed by atoms with E-state index in [0.717, 1.165) is 11.1 Å². The molecule has 3 aromatic rings. The van der Waals surface area contributed by atoms with E-state index in [9.17, 15) is 14.3 Å². The fraction of sp³-hybridized carbons (Fsp3) is 0.318. The number of carbonyl (C=O) groups is 1. The lowest BCUT2D eigenvalue weighted by Gasteiger charge is -2.31. The molecule has 11 heteroatoms. The molecule has 1 aliphatic heterocycles. The smallest absolute Gasteiger partial charge is 0.375 e. The number of hydrogen-bond donors (Lipinski definition) is 3. The number of ether oxygens (including phenoxy) is 2. The molecule has 2 heterocycles. The molecule has 2 aromatic carbocycles. The molecule has 0 bridgehead atoms. The average molecular weight is 472 g/mol. The molecule has 0 saturated carbocycles. The van der Waals surface area contributed by atoms with E-state index in [4.69, 9.17) is 14.6 Å². The topological polar surface area (TPSA) is 136 Å². The standard InChI is InChI=1S/C22H25N4O6P/c1-31-18-8-2-15(3-9-18)12-33(29,30)13-19-10-23-20(11-32-19)16-4-6-17(7-5-16)26-14-24-21(25-26)22(27)28/h2-9,14,19-20,23H,10-13H2,1H3,(H,27,28)(H,29,30)/t19-,20-/m0/s1. The van der Waals surface area contributed by atoms with Gasteiger partial charge in [-0.3, -0.25) is 4.57 Å². The molecule has 0 aliphatic carbocycles. The predicted octanol–water partition coefficient (Wildman–Crippen LogP) is 2.47. The van der Waals surface area contributed by atoms with E-state index in [1.165, 1.54) is 11.0 Å². The van der Waals surface area contributed by atoms with Gasteiger partial charge in [-0.05, 0) is 35.4 Å². The van der Waals surface area contributed by atoms with Crippen LogP contribution in [0.5, 0.6) is 5.75 Å². The van der Waals surface area contributed by atoms with Crippen molar-refractivity contribution in [2.45, 2.75) is 18.3 Å². The van der Waals surface area contributed by atoms with Gasteiger partial charge in [0, 0.05) is 12.7 Å². The lowest BCUT2D eigenvalue weighted by molar-refractivity contribution is 0.0156. The molecule has 0 spiro atoms. The van der Waals surface area contributed by atoms with Gasteiger partial charge < -0.3 is 24.8 Å². The summed E-state index contributed by atoms with van der Waals surface area (Å²) >= 11 is 0. The molecule has 1 aliphatic rings. The Balaban J connectivity index is 1.30. The van der Waals surface area contributed by atoms with Crippen LogP contribution in [0, 0.1) is 0 Å². The first-order valence-electron chi connectivity index (χ1n) is 10.4. The molecule has 1 fully saturated rings. The summed E-state index contributed by atoms with van der Waals surface area (Å²) in [6, 6.07) is 14.5. The number of morpholine rings is 1. The minimum atomic E-state index is -3.41. The summed E-state index contributed by atoms with van der Waals surface area (Å²) in [6.07, 6.45) is 1.17. The van der Waals surface area contributed by atoms with Crippen LogP contribution in [0.15, 0.2) is 54.9 Å². The number of aromatic nitrogens is 3. The number of hydrogen-bond acceptors (Lipinski definition) is 7. The first-order chi connectivity index (χ1) is 15.8. The van der Waals surface area contributed by atoms with E-state index in [-0.39, 0.29) is 30.3 Å². The molecule has 1 unspecified atom stereocenters. The van der Waals surface area contributed by atoms with Crippen molar-refractivity contribution in [3.05, 3.63) is 71.8 Å². The molecule has 33 heavy (non-hydrogen) atoms. The second kappa shape index (κ2) is 9.84. The van der Waals surface area contributed by atoms with Crippen molar-refractivity contribution < 1.29 is 28.8 Å². The highest BCUT2D eigenvalue weighted by atomic mass is 31.2. The third-order valence-electron chi connectivity index (χ3n) is 5.41. The molecule has 10 nitrogen and oxygen atoms in total. The van der Waals surface area contributed by atoms with Crippen molar-refractivity contribution in [3.63, 3.8) is 0 Å². The second-order valence-electron chi connectivity index (χ2n) is 7.86. The molecule has 1 saturated heterocycles. The third-order valence-corrected chi connectivity index (χ3v) is 7.25. The number of methoxy groups -OCH3 is 1. The lowest BCUT2D eigenvalue weighted by Crippen LogP contribution is -2.42. The quantitative estimate of drug-likeness (QED) is 0.423. The number of carboxylic acid groups (broad SMARTS) is 1. The van der Waals surface area contributed by atoms with E-state index < -0.39 is 13.3 Å². The molecule has 3 atom stereocenters. The van der Waals surface area contributed by atoms with Crippen molar-refractivity contribution in [2.24, 2.45) is 0 Å². The van der Waals surface area contributed by atoms with Crippen molar-refractivity contribution in [1.82, 2.24) is 20.1 Å². The van der Waals surface area contributed by atoms with E-state index in [0.29, 0.717) is 24.6 Å². The Morgan fingerprint density at radius 3 is 2.55 bits per heavy atom. The number of carboxylic acids is 1. The molecule has 4 rings (SSSR count). The molecule has 0 amide bonds. The Kier molecular flexibility index (Phi) is 6.90. The van der Waals surface area contributed by atoms with Gasteiger partial charge in [-0.2, -0.15) is 0 Å². The highest BCUT2D eigenvalue weighted by Gasteiger charge is 2.29. The summed E-state index contributed by atoms with van der Waals surface area (Å²) in [4.78, 5) is 25.2. The van der Waals surface area contributed by atoms with Gasteiger partial charge in [-0.15, -0.1) is 5.10 Å². The summed E-state index contributed by atoms with van der Waals surface area (Å²) < 4.78 is 25.1. The number of aromatic carboxylic acids is 1. The highest BCUT2D eigenvalue weighted by molar-refractivity contribution is 7.57. The van der Waals surface area contributed by atoms with Gasteiger partial charge in [-0.1, -0.05) is 24.3 Å². The van der Waals surface area contributed by atoms with E-state index in [1.54, 1.807) is 31.4 Å². The Labute approximate surface area is 190 Å². The van der Waals surface area contributed by atoms with Crippen LogP contribution in [0.1, 0.15) is 27.8 Å². The summed E-state index contributed by atoms with van der Waals surface area (Å²) in [5.41, 5.74) is 2.46. The molecule has 174 valence electrons. The molecule has 0 radical (unpaired) electrons. The monoisotopic (exact) mass is 472 g/mol. The second-order valence-corrected chi connectivity index (χ2v) is 10.2. The summed E-state index contributed by atoms with van der Waals surface area (Å²) in [6.45, 7) is 0.837. The predicted molar refractivity (Wildman–Crippen MR) is 120 cm³/mol. The molecule has 1 aromatic heterocycles. The fourth-order valence-electron chi connectivity index (χ4n) is 3.70. The first kappa shape index (κ1) is 23.1. The number of benzene rings is 2. The van der Waals surface area contributed by atoms with Gasteiger partial charge in [0.05, 0.1) is 37.7 Å². The van der Waals surface area contributed by atoms with E-state index in [2.05, 4.69) is 15.4 Å². The van der Waals surface area contributed by atoms with Crippen LogP contribution in [0.25, 0.3) is 5.69 Å². The Hall–Kier alpha value is -3.04. The maximum atomic E-state index is 12.7. The molecular formula is C22H25N4O6P. The Bertz CT molecular complexity index is 1140. The Morgan fingerprint density at radius 1 is 1.24 bits per heavy atom. The van der Waals surface area contributed by atoms with Crippen LogP contribution in [0.4, 0.5) is 0 Å². The zero-order valence-corrected chi connectivity index (χ0v) is 18.9. The maximum Gasteiger partial charge on any atom is 0.375 e.